The van der Waals surface area contributed by atoms with Crippen LogP contribution in [0.3, 0.4) is 0 Å². The zero-order valence-electron chi connectivity index (χ0n) is 13.5. The van der Waals surface area contributed by atoms with Gasteiger partial charge < -0.3 is 10.2 Å². The highest BCUT2D eigenvalue weighted by Crippen LogP contribution is 2.19. The smallest absolute Gasteiger partial charge is 0.244 e. The molecule has 1 N–H and O–H groups in total. The molecule has 0 heterocycles. The first-order valence-corrected chi connectivity index (χ1v) is 7.53. The lowest BCUT2D eigenvalue weighted by Crippen LogP contribution is -2.37. The molecule has 0 spiro atoms. The van der Waals surface area contributed by atoms with Crippen LogP contribution in [0.15, 0.2) is 42.5 Å². The third-order valence-corrected chi connectivity index (χ3v) is 3.57. The number of carbonyl (C=O) groups excluding carboxylic acids is 2. The standard InChI is InChI=1S/C18H18F2N2O2/c1-3-13-7-9-14(10-8-13)22(12(2)23)11-17(24)21-18-15(19)5-4-6-16(18)20/h4-10H,3,11H2,1-2H3,(H,21,24). The summed E-state index contributed by atoms with van der Waals surface area (Å²) in [5, 5.41) is 2.17. The Kier molecular flexibility index (Phi) is 5.63. The quantitative estimate of drug-likeness (QED) is 0.911. The Hall–Kier alpha value is -2.76. The predicted molar refractivity (Wildman–Crippen MR) is 88.8 cm³/mol. The Morgan fingerprint density at radius 1 is 1.04 bits per heavy atom. The molecule has 0 aliphatic heterocycles. The van der Waals surface area contributed by atoms with Gasteiger partial charge >= 0.3 is 0 Å². The van der Waals surface area contributed by atoms with E-state index >= 15 is 0 Å². The van der Waals surface area contributed by atoms with E-state index in [0.29, 0.717) is 5.69 Å². The van der Waals surface area contributed by atoms with Crippen LogP contribution in [0.25, 0.3) is 0 Å². The molecule has 2 rings (SSSR count). The lowest BCUT2D eigenvalue weighted by Gasteiger charge is -2.21. The van der Waals surface area contributed by atoms with Crippen molar-refractivity contribution in [2.45, 2.75) is 20.3 Å². The lowest BCUT2D eigenvalue weighted by atomic mass is 10.1. The Morgan fingerprint density at radius 3 is 2.12 bits per heavy atom. The first kappa shape index (κ1) is 17.6. The SMILES string of the molecule is CCc1ccc(N(CC(=O)Nc2c(F)cccc2F)C(C)=O)cc1. The molecule has 0 aliphatic carbocycles. The molecule has 24 heavy (non-hydrogen) atoms. The zero-order chi connectivity index (χ0) is 17.7. The molecule has 2 aromatic carbocycles. The van der Waals surface area contributed by atoms with Crippen molar-refractivity contribution in [1.82, 2.24) is 0 Å². The Balaban J connectivity index is 2.15. The van der Waals surface area contributed by atoms with E-state index in [0.717, 1.165) is 24.1 Å². The number of carbonyl (C=O) groups is 2. The number of nitrogens with one attached hydrogen (secondary N) is 1. The maximum Gasteiger partial charge on any atom is 0.244 e. The third kappa shape index (κ3) is 4.16. The minimum Gasteiger partial charge on any atom is -0.320 e. The minimum absolute atomic E-state index is 0.339. The third-order valence-electron chi connectivity index (χ3n) is 3.57. The van der Waals surface area contributed by atoms with Gasteiger partial charge in [0.05, 0.1) is 0 Å². The first-order chi connectivity index (χ1) is 11.4. The second-order valence-corrected chi connectivity index (χ2v) is 5.27. The fourth-order valence-corrected chi connectivity index (χ4v) is 2.24. The van der Waals surface area contributed by atoms with Crippen LogP contribution in [0.1, 0.15) is 19.4 Å². The molecule has 0 saturated carbocycles. The topological polar surface area (TPSA) is 49.4 Å². The van der Waals surface area contributed by atoms with E-state index in [1.54, 1.807) is 12.1 Å². The fourth-order valence-electron chi connectivity index (χ4n) is 2.24. The number of benzene rings is 2. The molecule has 0 bridgehead atoms. The van der Waals surface area contributed by atoms with Crippen LogP contribution in [0, 0.1) is 11.6 Å². The van der Waals surface area contributed by atoms with E-state index in [4.69, 9.17) is 0 Å². The molecule has 0 aliphatic rings. The molecular weight excluding hydrogens is 314 g/mol. The lowest BCUT2D eigenvalue weighted by molar-refractivity contribution is -0.120. The van der Waals surface area contributed by atoms with Crippen LogP contribution in [0.4, 0.5) is 20.2 Å². The molecule has 0 unspecified atom stereocenters. The number of hydrogen-bond acceptors (Lipinski definition) is 2. The normalized spacial score (nSPS) is 10.3. The maximum atomic E-state index is 13.6. The van der Waals surface area contributed by atoms with Gasteiger partial charge in [-0.05, 0) is 36.2 Å². The number of rotatable bonds is 5. The molecule has 0 saturated heterocycles. The van der Waals surface area contributed by atoms with E-state index in [2.05, 4.69) is 5.32 Å². The minimum atomic E-state index is -0.870. The molecule has 6 heteroatoms. The van der Waals surface area contributed by atoms with Crippen molar-refractivity contribution in [1.29, 1.82) is 0 Å². The number of amides is 2. The summed E-state index contributed by atoms with van der Waals surface area (Å²) in [5.41, 5.74) is 1.12. The molecule has 0 aromatic heterocycles. The number of aryl methyl sites for hydroxylation is 1. The Morgan fingerprint density at radius 2 is 1.62 bits per heavy atom. The van der Waals surface area contributed by atoms with Gasteiger partial charge in [0.2, 0.25) is 11.8 Å². The van der Waals surface area contributed by atoms with Crippen molar-refractivity contribution >= 4 is 23.2 Å². The van der Waals surface area contributed by atoms with E-state index in [1.165, 1.54) is 17.9 Å². The van der Waals surface area contributed by atoms with E-state index in [1.807, 2.05) is 19.1 Å². The molecule has 0 atom stereocenters. The molecule has 2 amide bonds. The number of anilines is 2. The van der Waals surface area contributed by atoms with Gasteiger partial charge in [-0.2, -0.15) is 0 Å². The van der Waals surface area contributed by atoms with Crippen molar-refractivity contribution < 1.29 is 18.4 Å². The number of hydrogen-bond donors (Lipinski definition) is 1. The summed E-state index contributed by atoms with van der Waals surface area (Å²) in [6.45, 7) is 2.99. The van der Waals surface area contributed by atoms with Gasteiger partial charge in [0.25, 0.3) is 0 Å². The fraction of sp³-hybridized carbons (Fsp3) is 0.222. The highest BCUT2D eigenvalue weighted by atomic mass is 19.1. The number of halogens is 2. The summed E-state index contributed by atoms with van der Waals surface area (Å²) in [5.74, 6) is -2.77. The summed E-state index contributed by atoms with van der Waals surface area (Å²) in [6, 6.07) is 10.5. The van der Waals surface area contributed by atoms with E-state index in [9.17, 15) is 18.4 Å². The molecule has 0 radical (unpaired) electrons. The number of para-hydroxylation sites is 1. The number of nitrogens with zero attached hydrogens (tertiary/aromatic N) is 1. The summed E-state index contributed by atoms with van der Waals surface area (Å²) in [6.07, 6.45) is 0.855. The second kappa shape index (κ2) is 7.68. The largest absolute Gasteiger partial charge is 0.320 e. The predicted octanol–water partition coefficient (Wildman–Crippen LogP) is 3.52. The summed E-state index contributed by atoms with van der Waals surface area (Å²) >= 11 is 0. The maximum absolute atomic E-state index is 13.6. The van der Waals surface area contributed by atoms with Gasteiger partial charge in [0.15, 0.2) is 0 Å². The first-order valence-electron chi connectivity index (χ1n) is 7.53. The van der Waals surface area contributed by atoms with Gasteiger partial charge in [-0.1, -0.05) is 25.1 Å². The van der Waals surface area contributed by atoms with Crippen LogP contribution in [0.2, 0.25) is 0 Å². The van der Waals surface area contributed by atoms with Gasteiger partial charge in [-0.15, -0.1) is 0 Å². The van der Waals surface area contributed by atoms with Gasteiger partial charge in [-0.3, -0.25) is 9.59 Å². The van der Waals surface area contributed by atoms with Crippen molar-refractivity contribution in [3.8, 4) is 0 Å². The van der Waals surface area contributed by atoms with Crippen LogP contribution >= 0.6 is 0 Å². The average molecular weight is 332 g/mol. The highest BCUT2D eigenvalue weighted by molar-refractivity contribution is 6.01. The Bertz CT molecular complexity index is 725. The monoisotopic (exact) mass is 332 g/mol. The summed E-state index contributed by atoms with van der Waals surface area (Å²) < 4.78 is 27.2. The van der Waals surface area contributed by atoms with Crippen LogP contribution in [-0.2, 0) is 16.0 Å². The molecule has 126 valence electrons. The van der Waals surface area contributed by atoms with Crippen molar-refractivity contribution in [3.05, 3.63) is 59.7 Å². The van der Waals surface area contributed by atoms with Crippen LogP contribution in [0.5, 0.6) is 0 Å². The van der Waals surface area contributed by atoms with Gasteiger partial charge in [-0.25, -0.2) is 8.78 Å². The average Bonchev–Trinajstić information content (AvgIpc) is 2.56. The molecular formula is C18H18F2N2O2. The van der Waals surface area contributed by atoms with Crippen molar-refractivity contribution in [2.24, 2.45) is 0 Å². The Labute approximate surface area is 139 Å². The van der Waals surface area contributed by atoms with Crippen LogP contribution < -0.4 is 10.2 Å². The van der Waals surface area contributed by atoms with Gasteiger partial charge in [0, 0.05) is 12.6 Å². The highest BCUT2D eigenvalue weighted by Gasteiger charge is 2.18. The van der Waals surface area contributed by atoms with Crippen molar-refractivity contribution in [2.75, 3.05) is 16.8 Å². The zero-order valence-corrected chi connectivity index (χ0v) is 13.5. The molecule has 0 fully saturated rings. The summed E-state index contributed by atoms with van der Waals surface area (Å²) in [4.78, 5) is 25.2. The van der Waals surface area contributed by atoms with Crippen LogP contribution in [-0.4, -0.2) is 18.4 Å². The van der Waals surface area contributed by atoms with E-state index in [-0.39, 0.29) is 12.5 Å². The van der Waals surface area contributed by atoms with E-state index < -0.39 is 23.2 Å². The molecule has 2 aromatic rings. The van der Waals surface area contributed by atoms with Crippen molar-refractivity contribution in [3.63, 3.8) is 0 Å². The molecule has 4 nitrogen and oxygen atoms in total. The van der Waals surface area contributed by atoms with Gasteiger partial charge in [0.1, 0.15) is 23.9 Å². The summed E-state index contributed by atoms with van der Waals surface area (Å²) in [7, 11) is 0. The second-order valence-electron chi connectivity index (χ2n) is 5.27.